The molecule has 0 unspecified atom stereocenters. The minimum atomic E-state index is -2.18. The number of benzene rings is 1. The molecule has 1 aliphatic heterocycles. The second-order valence-corrected chi connectivity index (χ2v) is 4.74. The predicted octanol–water partition coefficient (Wildman–Crippen LogP) is -0.466. The molecule has 3 N–H and O–H groups in total. The number of alkyl carbamates (subject to hydrolysis) is 1. The van der Waals surface area contributed by atoms with Gasteiger partial charge in [-0.25, -0.2) is 9.59 Å². The van der Waals surface area contributed by atoms with Gasteiger partial charge in [0.2, 0.25) is 0 Å². The van der Waals surface area contributed by atoms with Gasteiger partial charge in [-0.15, -0.1) is 0 Å². The van der Waals surface area contributed by atoms with Crippen LogP contribution in [0.1, 0.15) is 5.56 Å². The second-order valence-electron chi connectivity index (χ2n) is 4.74. The van der Waals surface area contributed by atoms with Gasteiger partial charge >= 0.3 is 12.1 Å². The molecule has 1 heterocycles. The molecule has 1 saturated heterocycles. The van der Waals surface area contributed by atoms with Crippen molar-refractivity contribution in [3.8, 4) is 0 Å². The van der Waals surface area contributed by atoms with Crippen molar-refractivity contribution in [2.75, 3.05) is 13.7 Å². The van der Waals surface area contributed by atoms with Crippen LogP contribution in [-0.2, 0) is 25.6 Å². The molecule has 120 valence electrons. The van der Waals surface area contributed by atoms with E-state index in [-0.39, 0.29) is 13.2 Å². The summed E-state index contributed by atoms with van der Waals surface area (Å²) in [5.41, 5.74) is -1.43. The molecule has 1 fully saturated rings. The molecule has 22 heavy (non-hydrogen) atoms. The van der Waals surface area contributed by atoms with Gasteiger partial charge in [-0.2, -0.15) is 0 Å². The Labute approximate surface area is 126 Å². The average molecular weight is 311 g/mol. The first-order chi connectivity index (χ1) is 10.5. The third-order valence-corrected chi connectivity index (χ3v) is 3.25. The van der Waals surface area contributed by atoms with Gasteiger partial charge in [0.25, 0.3) is 5.72 Å². The van der Waals surface area contributed by atoms with Crippen molar-refractivity contribution in [1.82, 2.24) is 5.32 Å². The molecule has 1 aromatic rings. The zero-order chi connectivity index (χ0) is 16.2. The van der Waals surface area contributed by atoms with Crippen LogP contribution in [0, 0.1) is 0 Å². The van der Waals surface area contributed by atoms with E-state index in [0.717, 1.165) is 12.7 Å². The van der Waals surface area contributed by atoms with Crippen LogP contribution >= 0.6 is 0 Å². The van der Waals surface area contributed by atoms with Gasteiger partial charge in [0.05, 0.1) is 13.7 Å². The third-order valence-electron chi connectivity index (χ3n) is 3.25. The minimum Gasteiger partial charge on any atom is -0.465 e. The van der Waals surface area contributed by atoms with Crippen LogP contribution < -0.4 is 5.32 Å². The number of amides is 1. The third kappa shape index (κ3) is 3.19. The lowest BCUT2D eigenvalue weighted by Crippen LogP contribution is -2.62. The number of hydrogen-bond acceptors (Lipinski definition) is 7. The fourth-order valence-electron chi connectivity index (χ4n) is 2.07. The minimum absolute atomic E-state index is 0.0252. The molecular weight excluding hydrogens is 294 g/mol. The molecule has 0 bridgehead atoms. The molecule has 0 saturated carbocycles. The van der Waals surface area contributed by atoms with Crippen molar-refractivity contribution >= 4 is 12.1 Å². The maximum Gasteiger partial charge on any atom is 0.410 e. The Kier molecular flexibility index (Phi) is 4.96. The number of aliphatic hydroxyl groups excluding tert-OH is 2. The summed E-state index contributed by atoms with van der Waals surface area (Å²) in [5, 5.41) is 21.5. The van der Waals surface area contributed by atoms with Crippen molar-refractivity contribution in [2.24, 2.45) is 0 Å². The van der Waals surface area contributed by atoms with Crippen LogP contribution in [0.5, 0.6) is 0 Å². The SMILES string of the molecule is COC(=O)[C@@]1(NC(=O)OCc2ccccc2)OC[C@@H](O)[C@H]1O. The van der Waals surface area contributed by atoms with E-state index >= 15 is 0 Å². The summed E-state index contributed by atoms with van der Waals surface area (Å²) in [7, 11) is 1.07. The molecule has 1 amide bonds. The zero-order valence-corrected chi connectivity index (χ0v) is 11.9. The van der Waals surface area contributed by atoms with Gasteiger partial charge < -0.3 is 24.4 Å². The summed E-state index contributed by atoms with van der Waals surface area (Å²) in [6.07, 6.45) is -3.97. The van der Waals surface area contributed by atoms with E-state index in [2.05, 4.69) is 10.1 Å². The van der Waals surface area contributed by atoms with E-state index in [1.165, 1.54) is 0 Å². The van der Waals surface area contributed by atoms with Gasteiger partial charge in [0, 0.05) is 0 Å². The number of methoxy groups -OCH3 is 1. The number of carbonyl (C=O) groups is 2. The van der Waals surface area contributed by atoms with Crippen LogP contribution in [0.15, 0.2) is 30.3 Å². The molecule has 1 aliphatic rings. The predicted molar refractivity (Wildman–Crippen MR) is 72.5 cm³/mol. The quantitative estimate of drug-likeness (QED) is 0.644. The first-order valence-corrected chi connectivity index (χ1v) is 6.57. The van der Waals surface area contributed by atoms with Crippen LogP contribution in [0.2, 0.25) is 0 Å². The standard InChI is InChI=1S/C14H17NO7/c1-20-12(18)14(11(17)10(16)8-22-14)15-13(19)21-7-9-5-3-2-4-6-9/h2-6,10-11,16-17H,7-8H2,1H3,(H,15,19)/t10-,11-,14+/m1/s1. The van der Waals surface area contributed by atoms with E-state index in [9.17, 15) is 19.8 Å². The van der Waals surface area contributed by atoms with E-state index < -0.39 is 30.0 Å². The molecule has 0 aliphatic carbocycles. The second kappa shape index (κ2) is 6.73. The Hall–Kier alpha value is -2.16. The van der Waals surface area contributed by atoms with Crippen LogP contribution in [0.25, 0.3) is 0 Å². The fraction of sp³-hybridized carbons (Fsp3) is 0.429. The van der Waals surface area contributed by atoms with Crippen molar-refractivity contribution in [2.45, 2.75) is 24.5 Å². The number of hydrogen-bond donors (Lipinski definition) is 3. The molecule has 0 radical (unpaired) electrons. The summed E-state index contributed by atoms with van der Waals surface area (Å²) in [4.78, 5) is 23.6. The first kappa shape index (κ1) is 16.2. The number of nitrogens with one attached hydrogen (secondary N) is 1. The monoisotopic (exact) mass is 311 g/mol. The van der Waals surface area contributed by atoms with Crippen molar-refractivity contribution < 1.29 is 34.0 Å². The molecule has 0 spiro atoms. The highest BCUT2D eigenvalue weighted by Crippen LogP contribution is 2.25. The van der Waals surface area contributed by atoms with Gasteiger partial charge in [-0.3, -0.25) is 5.32 Å². The van der Waals surface area contributed by atoms with Crippen LogP contribution in [0.3, 0.4) is 0 Å². The number of rotatable bonds is 4. The summed E-state index contributed by atoms with van der Waals surface area (Å²) in [6.45, 7) is -0.349. The lowest BCUT2D eigenvalue weighted by atomic mass is 10.1. The Morgan fingerprint density at radius 1 is 1.36 bits per heavy atom. The zero-order valence-electron chi connectivity index (χ0n) is 11.9. The average Bonchev–Trinajstić information content (AvgIpc) is 2.82. The van der Waals surface area contributed by atoms with Crippen molar-refractivity contribution in [1.29, 1.82) is 0 Å². The van der Waals surface area contributed by atoms with Gasteiger partial charge in [-0.05, 0) is 5.56 Å². The normalized spacial score (nSPS) is 27.2. The van der Waals surface area contributed by atoms with Gasteiger partial charge in [0.1, 0.15) is 18.8 Å². The lowest BCUT2D eigenvalue weighted by Gasteiger charge is -2.29. The molecule has 2 rings (SSSR count). The summed E-state index contributed by atoms with van der Waals surface area (Å²) < 4.78 is 14.5. The van der Waals surface area contributed by atoms with Crippen LogP contribution in [-0.4, -0.2) is 53.9 Å². The summed E-state index contributed by atoms with van der Waals surface area (Å²) in [6, 6.07) is 8.90. The Bertz CT molecular complexity index is 535. The largest absolute Gasteiger partial charge is 0.465 e. The highest BCUT2D eigenvalue weighted by atomic mass is 16.6. The van der Waals surface area contributed by atoms with Crippen molar-refractivity contribution in [3.63, 3.8) is 0 Å². The molecule has 8 nitrogen and oxygen atoms in total. The number of carbonyl (C=O) groups excluding carboxylic acids is 2. The van der Waals surface area contributed by atoms with Crippen molar-refractivity contribution in [3.05, 3.63) is 35.9 Å². The smallest absolute Gasteiger partial charge is 0.410 e. The number of esters is 1. The molecular formula is C14H17NO7. The highest BCUT2D eigenvalue weighted by Gasteiger charge is 2.57. The lowest BCUT2D eigenvalue weighted by molar-refractivity contribution is -0.177. The van der Waals surface area contributed by atoms with E-state index in [1.54, 1.807) is 24.3 Å². The molecule has 8 heteroatoms. The van der Waals surface area contributed by atoms with Gasteiger partial charge in [0.15, 0.2) is 0 Å². The van der Waals surface area contributed by atoms with E-state index in [4.69, 9.17) is 9.47 Å². The van der Waals surface area contributed by atoms with Crippen LogP contribution in [0.4, 0.5) is 4.79 Å². The Balaban J connectivity index is 2.02. The Morgan fingerprint density at radius 3 is 2.59 bits per heavy atom. The number of aliphatic hydroxyl groups is 2. The van der Waals surface area contributed by atoms with Gasteiger partial charge in [-0.1, -0.05) is 30.3 Å². The Morgan fingerprint density at radius 2 is 2.05 bits per heavy atom. The fourth-order valence-corrected chi connectivity index (χ4v) is 2.07. The maximum atomic E-state index is 11.8. The first-order valence-electron chi connectivity index (χ1n) is 6.57. The molecule has 0 aromatic heterocycles. The molecule has 1 aromatic carbocycles. The van der Waals surface area contributed by atoms with E-state index in [1.807, 2.05) is 6.07 Å². The number of ether oxygens (including phenoxy) is 3. The maximum absolute atomic E-state index is 11.8. The summed E-state index contributed by atoms with van der Waals surface area (Å²) >= 11 is 0. The highest BCUT2D eigenvalue weighted by molar-refractivity contribution is 5.85. The summed E-state index contributed by atoms with van der Waals surface area (Å²) in [5.74, 6) is -1.03. The molecule has 3 atom stereocenters. The van der Waals surface area contributed by atoms with E-state index in [0.29, 0.717) is 0 Å². The topological polar surface area (TPSA) is 114 Å².